The van der Waals surface area contributed by atoms with Crippen molar-refractivity contribution in [3.8, 4) is 0 Å². The van der Waals surface area contributed by atoms with E-state index in [4.69, 9.17) is 10.5 Å². The summed E-state index contributed by atoms with van der Waals surface area (Å²) >= 11 is 0. The van der Waals surface area contributed by atoms with Crippen LogP contribution in [0.2, 0.25) is 0 Å². The molecule has 0 radical (unpaired) electrons. The molecule has 0 aromatic heterocycles. The molecule has 0 aliphatic carbocycles. The van der Waals surface area contributed by atoms with Crippen LogP contribution in [0.15, 0.2) is 17.0 Å². The lowest BCUT2D eigenvalue weighted by molar-refractivity contribution is 0.0173. The van der Waals surface area contributed by atoms with Crippen LogP contribution < -0.4 is 10.5 Å². The van der Waals surface area contributed by atoms with Crippen molar-refractivity contribution in [1.82, 2.24) is 4.72 Å². The van der Waals surface area contributed by atoms with E-state index in [0.29, 0.717) is 25.5 Å². The highest BCUT2D eigenvalue weighted by Crippen LogP contribution is 2.22. The SMILES string of the molecule is CC1CC(NS(=O)(=O)c2cc(N)c(F)cc2F)CCO1. The summed E-state index contributed by atoms with van der Waals surface area (Å²) < 4.78 is 58.6. The van der Waals surface area contributed by atoms with Crippen molar-refractivity contribution in [1.29, 1.82) is 0 Å². The van der Waals surface area contributed by atoms with Crippen molar-refractivity contribution in [2.45, 2.75) is 36.8 Å². The molecule has 3 N–H and O–H groups in total. The molecule has 2 unspecified atom stereocenters. The molecule has 0 amide bonds. The molecule has 0 bridgehead atoms. The van der Waals surface area contributed by atoms with Crippen molar-refractivity contribution in [2.24, 2.45) is 0 Å². The maximum atomic E-state index is 13.6. The van der Waals surface area contributed by atoms with Gasteiger partial charge in [-0.2, -0.15) is 0 Å². The van der Waals surface area contributed by atoms with E-state index in [-0.39, 0.29) is 12.1 Å². The van der Waals surface area contributed by atoms with Gasteiger partial charge in [0, 0.05) is 18.7 Å². The summed E-state index contributed by atoms with van der Waals surface area (Å²) in [6, 6.07) is 0.918. The van der Waals surface area contributed by atoms with E-state index in [9.17, 15) is 17.2 Å². The van der Waals surface area contributed by atoms with Gasteiger partial charge < -0.3 is 10.5 Å². The molecule has 2 rings (SSSR count). The van der Waals surface area contributed by atoms with Crippen molar-refractivity contribution in [3.05, 3.63) is 23.8 Å². The topological polar surface area (TPSA) is 81.4 Å². The predicted octanol–water partition coefficient (Wildman–Crippen LogP) is 1.39. The second-order valence-electron chi connectivity index (χ2n) is 4.83. The Morgan fingerprint density at radius 3 is 2.70 bits per heavy atom. The van der Waals surface area contributed by atoms with Gasteiger partial charge in [-0.25, -0.2) is 21.9 Å². The van der Waals surface area contributed by atoms with Crippen LogP contribution in [0.5, 0.6) is 0 Å². The molecule has 2 atom stereocenters. The molecule has 1 heterocycles. The van der Waals surface area contributed by atoms with E-state index in [0.717, 1.165) is 6.07 Å². The molecule has 5 nitrogen and oxygen atoms in total. The van der Waals surface area contributed by atoms with Gasteiger partial charge >= 0.3 is 0 Å². The first-order valence-corrected chi connectivity index (χ1v) is 7.66. The summed E-state index contributed by atoms with van der Waals surface area (Å²) in [6.45, 7) is 2.26. The Labute approximate surface area is 116 Å². The van der Waals surface area contributed by atoms with Gasteiger partial charge in [0.15, 0.2) is 0 Å². The lowest BCUT2D eigenvalue weighted by Gasteiger charge is -2.27. The van der Waals surface area contributed by atoms with E-state index in [1.807, 2.05) is 6.92 Å². The van der Waals surface area contributed by atoms with Gasteiger partial charge in [-0.15, -0.1) is 0 Å². The van der Waals surface area contributed by atoms with Gasteiger partial charge in [0.05, 0.1) is 11.8 Å². The summed E-state index contributed by atoms with van der Waals surface area (Å²) in [4.78, 5) is -0.643. The highest BCUT2D eigenvalue weighted by Gasteiger charge is 2.27. The van der Waals surface area contributed by atoms with Crippen LogP contribution >= 0.6 is 0 Å². The van der Waals surface area contributed by atoms with E-state index in [1.54, 1.807) is 0 Å². The molecule has 1 aromatic carbocycles. The first-order valence-electron chi connectivity index (χ1n) is 6.18. The Kier molecular flexibility index (Phi) is 4.26. The molecule has 112 valence electrons. The maximum Gasteiger partial charge on any atom is 0.243 e. The lowest BCUT2D eigenvalue weighted by Crippen LogP contribution is -2.41. The average molecular weight is 306 g/mol. The summed E-state index contributed by atoms with van der Waals surface area (Å²) in [5.41, 5.74) is 4.88. The van der Waals surface area contributed by atoms with Crippen molar-refractivity contribution < 1.29 is 21.9 Å². The fraction of sp³-hybridized carbons (Fsp3) is 0.500. The van der Waals surface area contributed by atoms with Gasteiger partial charge in [0.1, 0.15) is 16.5 Å². The fourth-order valence-corrected chi connectivity index (χ4v) is 3.52. The Bertz CT molecular complexity index is 607. The number of hydrogen-bond donors (Lipinski definition) is 2. The highest BCUT2D eigenvalue weighted by molar-refractivity contribution is 7.89. The predicted molar refractivity (Wildman–Crippen MR) is 69.5 cm³/mol. The highest BCUT2D eigenvalue weighted by atomic mass is 32.2. The largest absolute Gasteiger partial charge is 0.396 e. The van der Waals surface area contributed by atoms with Gasteiger partial charge in [0.2, 0.25) is 10.0 Å². The van der Waals surface area contributed by atoms with Crippen molar-refractivity contribution in [3.63, 3.8) is 0 Å². The molecule has 1 aliphatic heterocycles. The second kappa shape index (κ2) is 5.63. The number of nitrogens with two attached hydrogens (primary N) is 1. The molecule has 1 aromatic rings. The number of halogens is 2. The molecule has 1 aliphatic rings. The van der Waals surface area contributed by atoms with Crippen LogP contribution in [-0.4, -0.2) is 27.2 Å². The third-order valence-electron chi connectivity index (χ3n) is 3.15. The summed E-state index contributed by atoms with van der Waals surface area (Å²) in [5.74, 6) is -2.15. The zero-order chi connectivity index (χ0) is 14.9. The van der Waals surface area contributed by atoms with E-state index in [1.165, 1.54) is 0 Å². The van der Waals surface area contributed by atoms with Crippen LogP contribution in [0.25, 0.3) is 0 Å². The van der Waals surface area contributed by atoms with Crippen LogP contribution in [0, 0.1) is 11.6 Å². The molecular weight excluding hydrogens is 290 g/mol. The zero-order valence-electron chi connectivity index (χ0n) is 10.9. The minimum Gasteiger partial charge on any atom is -0.396 e. The Balaban J connectivity index is 2.24. The van der Waals surface area contributed by atoms with Gasteiger partial charge in [-0.1, -0.05) is 0 Å². The molecular formula is C12H16F2N2O3S. The first kappa shape index (κ1) is 15.1. The molecule has 20 heavy (non-hydrogen) atoms. The number of benzene rings is 1. The van der Waals surface area contributed by atoms with E-state index >= 15 is 0 Å². The van der Waals surface area contributed by atoms with Crippen molar-refractivity contribution >= 4 is 15.7 Å². The van der Waals surface area contributed by atoms with Crippen molar-refractivity contribution in [2.75, 3.05) is 12.3 Å². The Hall–Kier alpha value is -1.25. The normalized spacial score (nSPS) is 23.8. The summed E-state index contributed by atoms with van der Waals surface area (Å²) in [7, 11) is -4.08. The second-order valence-corrected chi connectivity index (χ2v) is 6.51. The zero-order valence-corrected chi connectivity index (χ0v) is 11.7. The lowest BCUT2D eigenvalue weighted by atomic mass is 10.1. The number of sulfonamides is 1. The minimum absolute atomic E-state index is 0.0698. The van der Waals surface area contributed by atoms with Crippen LogP contribution in [0.1, 0.15) is 19.8 Å². The Morgan fingerprint density at radius 1 is 1.35 bits per heavy atom. The number of rotatable bonds is 3. The van der Waals surface area contributed by atoms with Crippen LogP contribution in [0.4, 0.5) is 14.5 Å². The third-order valence-corrected chi connectivity index (χ3v) is 4.68. The summed E-state index contributed by atoms with van der Waals surface area (Å²) in [6.07, 6.45) is 0.930. The Morgan fingerprint density at radius 2 is 2.05 bits per heavy atom. The molecule has 8 heteroatoms. The number of anilines is 1. The standard InChI is InChI=1S/C12H16F2N2O3S/c1-7-4-8(2-3-19-7)16-20(17,18)12-6-11(15)9(13)5-10(12)14/h5-8,16H,2-4,15H2,1H3. The van der Waals surface area contributed by atoms with Crippen LogP contribution in [-0.2, 0) is 14.8 Å². The minimum atomic E-state index is -4.08. The molecule has 1 saturated heterocycles. The number of nitrogen functional groups attached to an aromatic ring is 1. The van der Waals surface area contributed by atoms with Gasteiger partial charge in [0.25, 0.3) is 0 Å². The molecule has 0 spiro atoms. The van der Waals surface area contributed by atoms with Crippen LogP contribution in [0.3, 0.4) is 0 Å². The monoisotopic (exact) mass is 306 g/mol. The number of ether oxygens (including phenoxy) is 1. The van der Waals surface area contributed by atoms with Gasteiger partial charge in [-0.3, -0.25) is 0 Å². The average Bonchev–Trinajstić information content (AvgIpc) is 2.33. The smallest absolute Gasteiger partial charge is 0.243 e. The van der Waals surface area contributed by atoms with E-state index < -0.39 is 32.2 Å². The fourth-order valence-electron chi connectivity index (χ4n) is 2.14. The first-order chi connectivity index (χ1) is 9.29. The van der Waals surface area contributed by atoms with Gasteiger partial charge in [-0.05, 0) is 25.8 Å². The molecule has 0 saturated carbocycles. The van der Waals surface area contributed by atoms with E-state index in [2.05, 4.69) is 4.72 Å². The quantitative estimate of drug-likeness (QED) is 0.827. The summed E-state index contributed by atoms with van der Waals surface area (Å²) in [5, 5.41) is 0. The molecule has 1 fully saturated rings. The third kappa shape index (κ3) is 3.25. The number of nitrogens with one attached hydrogen (secondary N) is 1. The number of hydrogen-bond acceptors (Lipinski definition) is 4. The maximum absolute atomic E-state index is 13.6.